The highest BCUT2D eigenvalue weighted by atomic mass is 16.4. The molecule has 3 N–H and O–H groups in total. The maximum atomic E-state index is 10.3. The summed E-state index contributed by atoms with van der Waals surface area (Å²) >= 11 is 0. The SMILES string of the molecule is CC/C=C\C[C@H](O)/C=C/C=C\C=C\C(O)C/C=C\C/C=C\CCC(=O)O. The molecule has 0 aliphatic heterocycles. The van der Waals surface area contributed by atoms with Gasteiger partial charge in [0.2, 0.25) is 0 Å². The summed E-state index contributed by atoms with van der Waals surface area (Å²) in [5.74, 6) is -0.787. The predicted molar refractivity (Wildman–Crippen MR) is 108 cm³/mol. The zero-order valence-electron chi connectivity index (χ0n) is 15.6. The molecule has 26 heavy (non-hydrogen) atoms. The monoisotopic (exact) mass is 360 g/mol. The maximum Gasteiger partial charge on any atom is 0.303 e. The Morgan fingerprint density at radius 2 is 1.35 bits per heavy atom. The molecular formula is C22H32O4. The van der Waals surface area contributed by atoms with E-state index in [2.05, 4.69) is 6.92 Å². The van der Waals surface area contributed by atoms with Gasteiger partial charge in [-0.3, -0.25) is 4.79 Å². The van der Waals surface area contributed by atoms with Crippen molar-refractivity contribution in [2.24, 2.45) is 0 Å². The molecule has 0 bridgehead atoms. The van der Waals surface area contributed by atoms with Crippen molar-refractivity contribution in [1.82, 2.24) is 0 Å². The summed E-state index contributed by atoms with van der Waals surface area (Å²) in [6, 6.07) is 0. The molecule has 0 aromatic heterocycles. The molecule has 0 aliphatic rings. The second-order valence-electron chi connectivity index (χ2n) is 5.75. The average molecular weight is 360 g/mol. The van der Waals surface area contributed by atoms with Gasteiger partial charge in [-0.15, -0.1) is 0 Å². The lowest BCUT2D eigenvalue weighted by Gasteiger charge is -1.99. The molecule has 0 heterocycles. The number of carboxylic acid groups (broad SMARTS) is 1. The van der Waals surface area contributed by atoms with Crippen LogP contribution in [0.4, 0.5) is 0 Å². The minimum Gasteiger partial charge on any atom is -0.481 e. The molecule has 0 saturated heterocycles. The molecule has 0 spiro atoms. The van der Waals surface area contributed by atoms with Crippen LogP contribution >= 0.6 is 0 Å². The van der Waals surface area contributed by atoms with Crippen molar-refractivity contribution < 1.29 is 20.1 Å². The van der Waals surface area contributed by atoms with Crippen molar-refractivity contribution in [2.45, 2.75) is 57.7 Å². The van der Waals surface area contributed by atoms with Crippen LogP contribution in [0.3, 0.4) is 0 Å². The minimum atomic E-state index is -0.787. The molecule has 0 aromatic rings. The summed E-state index contributed by atoms with van der Waals surface area (Å²) < 4.78 is 0. The Labute approximate surface area is 157 Å². The van der Waals surface area contributed by atoms with E-state index in [0.29, 0.717) is 19.3 Å². The van der Waals surface area contributed by atoms with Crippen LogP contribution in [0, 0.1) is 0 Å². The first-order chi connectivity index (χ1) is 12.6. The van der Waals surface area contributed by atoms with Gasteiger partial charge in [0.1, 0.15) is 0 Å². The lowest BCUT2D eigenvalue weighted by Crippen LogP contribution is -1.98. The van der Waals surface area contributed by atoms with Crippen LogP contribution in [0.5, 0.6) is 0 Å². The largest absolute Gasteiger partial charge is 0.481 e. The Hall–Kier alpha value is -2.17. The Morgan fingerprint density at radius 3 is 1.88 bits per heavy atom. The molecule has 0 fully saturated rings. The predicted octanol–water partition coefficient (Wildman–Crippen LogP) is 4.49. The van der Waals surface area contributed by atoms with E-state index in [4.69, 9.17) is 5.11 Å². The van der Waals surface area contributed by atoms with E-state index in [1.54, 1.807) is 24.3 Å². The number of aliphatic hydroxyl groups excluding tert-OH is 2. The van der Waals surface area contributed by atoms with Gasteiger partial charge in [0.05, 0.1) is 12.2 Å². The van der Waals surface area contributed by atoms with E-state index in [1.165, 1.54) is 0 Å². The number of rotatable bonds is 14. The zero-order valence-corrected chi connectivity index (χ0v) is 15.6. The first-order valence-electron chi connectivity index (χ1n) is 9.10. The van der Waals surface area contributed by atoms with Crippen molar-refractivity contribution in [3.05, 3.63) is 72.9 Å². The third-order valence-electron chi connectivity index (χ3n) is 3.29. The number of aliphatic hydroxyl groups is 2. The van der Waals surface area contributed by atoms with Gasteiger partial charge in [0, 0.05) is 6.42 Å². The third-order valence-corrected chi connectivity index (χ3v) is 3.29. The molecule has 2 atom stereocenters. The molecule has 4 nitrogen and oxygen atoms in total. The highest BCUT2D eigenvalue weighted by Crippen LogP contribution is 2.00. The first-order valence-corrected chi connectivity index (χ1v) is 9.10. The van der Waals surface area contributed by atoms with Gasteiger partial charge in [-0.25, -0.2) is 0 Å². The van der Waals surface area contributed by atoms with E-state index < -0.39 is 18.2 Å². The standard InChI is InChI=1S/C22H32O4/c1-2-3-10-15-20(23)17-12-8-9-13-18-21(24)16-11-6-4-5-7-14-19-22(25)26/h3,5-13,17-18,20-21,23-24H,2,4,14-16,19H2,1H3,(H,25,26)/b7-5-,9-8-,10-3-,11-6-,17-12+,18-13+/t20-,21?/m0/s1. The summed E-state index contributed by atoms with van der Waals surface area (Å²) in [5.41, 5.74) is 0. The second kappa shape index (κ2) is 17.6. The molecule has 4 heteroatoms. The van der Waals surface area contributed by atoms with Gasteiger partial charge in [-0.05, 0) is 32.1 Å². The summed E-state index contributed by atoms with van der Waals surface area (Å²) in [4.78, 5) is 10.3. The van der Waals surface area contributed by atoms with Crippen molar-refractivity contribution in [3.8, 4) is 0 Å². The topological polar surface area (TPSA) is 77.8 Å². The number of aliphatic carboxylic acids is 1. The number of hydrogen-bond acceptors (Lipinski definition) is 3. The maximum absolute atomic E-state index is 10.3. The van der Waals surface area contributed by atoms with E-state index in [9.17, 15) is 15.0 Å². The Balaban J connectivity index is 3.87. The second-order valence-corrected chi connectivity index (χ2v) is 5.75. The van der Waals surface area contributed by atoms with Crippen molar-refractivity contribution in [2.75, 3.05) is 0 Å². The molecule has 144 valence electrons. The first kappa shape index (κ1) is 23.8. The average Bonchev–Trinajstić information content (AvgIpc) is 2.60. The molecule has 0 amide bonds. The van der Waals surface area contributed by atoms with Gasteiger partial charge in [-0.2, -0.15) is 0 Å². The molecule has 0 radical (unpaired) electrons. The molecule has 1 unspecified atom stereocenters. The molecule has 0 aromatic carbocycles. The molecule has 0 rings (SSSR count). The van der Waals surface area contributed by atoms with Gasteiger partial charge >= 0.3 is 5.97 Å². The fraction of sp³-hybridized carbons (Fsp3) is 0.409. The zero-order chi connectivity index (χ0) is 19.5. The fourth-order valence-corrected chi connectivity index (χ4v) is 1.90. The van der Waals surface area contributed by atoms with Gasteiger partial charge in [0.25, 0.3) is 0 Å². The Bertz CT molecular complexity index is 524. The minimum absolute atomic E-state index is 0.154. The van der Waals surface area contributed by atoms with E-state index >= 15 is 0 Å². The van der Waals surface area contributed by atoms with Crippen LogP contribution in [0.2, 0.25) is 0 Å². The Morgan fingerprint density at radius 1 is 0.808 bits per heavy atom. The van der Waals surface area contributed by atoms with Crippen molar-refractivity contribution >= 4 is 5.97 Å². The molecular weight excluding hydrogens is 328 g/mol. The lowest BCUT2D eigenvalue weighted by atomic mass is 10.2. The lowest BCUT2D eigenvalue weighted by molar-refractivity contribution is -0.136. The Kier molecular flexibility index (Phi) is 16.2. The number of carboxylic acids is 1. The normalized spacial score (nSPS) is 15.5. The number of hydrogen-bond donors (Lipinski definition) is 3. The summed E-state index contributed by atoms with van der Waals surface area (Å²) in [6.45, 7) is 2.06. The quantitative estimate of drug-likeness (QED) is 0.315. The van der Waals surface area contributed by atoms with Crippen molar-refractivity contribution in [3.63, 3.8) is 0 Å². The van der Waals surface area contributed by atoms with E-state index in [-0.39, 0.29) is 6.42 Å². The highest BCUT2D eigenvalue weighted by Gasteiger charge is 1.94. The van der Waals surface area contributed by atoms with Crippen molar-refractivity contribution in [1.29, 1.82) is 0 Å². The number of allylic oxidation sites excluding steroid dienone is 8. The van der Waals surface area contributed by atoms with Crippen LogP contribution in [-0.2, 0) is 4.79 Å². The van der Waals surface area contributed by atoms with Gasteiger partial charge < -0.3 is 15.3 Å². The summed E-state index contributed by atoms with van der Waals surface area (Å²) in [7, 11) is 0. The molecule has 0 aliphatic carbocycles. The van der Waals surface area contributed by atoms with Gasteiger partial charge in [-0.1, -0.05) is 79.8 Å². The smallest absolute Gasteiger partial charge is 0.303 e. The highest BCUT2D eigenvalue weighted by molar-refractivity contribution is 5.66. The van der Waals surface area contributed by atoms with Crippen LogP contribution in [0.15, 0.2) is 72.9 Å². The van der Waals surface area contributed by atoms with Gasteiger partial charge in [0.15, 0.2) is 0 Å². The summed E-state index contributed by atoms with van der Waals surface area (Å²) in [6.07, 6.45) is 24.8. The van der Waals surface area contributed by atoms with Crippen LogP contribution in [0.25, 0.3) is 0 Å². The number of carbonyl (C=O) groups is 1. The fourth-order valence-electron chi connectivity index (χ4n) is 1.90. The molecule has 0 saturated carbocycles. The van der Waals surface area contributed by atoms with Crippen LogP contribution in [-0.4, -0.2) is 33.5 Å². The van der Waals surface area contributed by atoms with Crippen LogP contribution in [0.1, 0.15) is 45.4 Å². The van der Waals surface area contributed by atoms with E-state index in [1.807, 2.05) is 48.6 Å². The summed E-state index contributed by atoms with van der Waals surface area (Å²) in [5, 5.41) is 28.0. The van der Waals surface area contributed by atoms with Crippen LogP contribution < -0.4 is 0 Å². The third kappa shape index (κ3) is 18.2. The van der Waals surface area contributed by atoms with E-state index in [0.717, 1.165) is 12.8 Å².